The maximum absolute atomic E-state index is 10.6. The van der Waals surface area contributed by atoms with Crippen LogP contribution < -0.4 is 0 Å². The third-order valence-electron chi connectivity index (χ3n) is 3.35. The van der Waals surface area contributed by atoms with Crippen molar-refractivity contribution < 1.29 is 30.0 Å². The summed E-state index contributed by atoms with van der Waals surface area (Å²) < 4.78 is 0. The second-order valence-electron chi connectivity index (χ2n) is 5.35. The molecular formula is C17H20N2O6. The average Bonchev–Trinajstić information content (AvgIpc) is 2.52. The van der Waals surface area contributed by atoms with E-state index < -0.39 is 11.9 Å². The molecule has 2 rings (SSSR count). The lowest BCUT2D eigenvalue weighted by molar-refractivity contribution is -0.136. The van der Waals surface area contributed by atoms with Gasteiger partial charge in [0.15, 0.2) is 17.2 Å². The molecule has 8 nitrogen and oxygen atoms in total. The molecule has 0 amide bonds. The largest absolute Gasteiger partial charge is 0.504 e. The van der Waals surface area contributed by atoms with Gasteiger partial charge in [-0.2, -0.15) is 0 Å². The fraction of sp³-hybridized carbons (Fsp3) is 0.294. The molecule has 2 aromatic rings. The van der Waals surface area contributed by atoms with Crippen LogP contribution in [-0.4, -0.2) is 42.3 Å². The van der Waals surface area contributed by atoms with Gasteiger partial charge in [-0.3, -0.25) is 9.78 Å². The van der Waals surface area contributed by atoms with Crippen molar-refractivity contribution in [3.63, 3.8) is 0 Å². The minimum Gasteiger partial charge on any atom is -0.504 e. The van der Waals surface area contributed by atoms with Crippen LogP contribution in [0.3, 0.4) is 0 Å². The van der Waals surface area contributed by atoms with E-state index in [1.54, 1.807) is 26.8 Å². The number of aromatic nitrogens is 2. The Labute approximate surface area is 144 Å². The molecule has 0 bridgehead atoms. The Morgan fingerprint density at radius 1 is 0.920 bits per heavy atom. The van der Waals surface area contributed by atoms with Crippen molar-refractivity contribution in [3.05, 3.63) is 46.5 Å². The Balaban J connectivity index is 0.000000251. The summed E-state index contributed by atoms with van der Waals surface area (Å²) in [6.45, 7) is 5.19. The number of phenols is 2. The summed E-state index contributed by atoms with van der Waals surface area (Å²) in [4.78, 5) is 28.8. The second kappa shape index (κ2) is 8.62. The van der Waals surface area contributed by atoms with E-state index in [1.807, 2.05) is 0 Å². The molecule has 0 radical (unpaired) electrons. The van der Waals surface area contributed by atoms with Gasteiger partial charge < -0.3 is 20.4 Å². The minimum absolute atomic E-state index is 0.0181. The zero-order valence-electron chi connectivity index (χ0n) is 14.1. The number of carboxylic acid groups (broad SMARTS) is 2. The Bertz CT molecular complexity index is 789. The Hall–Kier alpha value is -3.16. The van der Waals surface area contributed by atoms with Crippen LogP contribution in [0.1, 0.15) is 39.6 Å². The predicted molar refractivity (Wildman–Crippen MR) is 88.9 cm³/mol. The van der Waals surface area contributed by atoms with Crippen molar-refractivity contribution in [2.45, 2.75) is 33.6 Å². The molecule has 0 aliphatic rings. The van der Waals surface area contributed by atoms with Crippen LogP contribution >= 0.6 is 0 Å². The fourth-order valence-corrected chi connectivity index (χ4v) is 1.89. The number of nitrogens with zero attached hydrogens (tertiary/aromatic N) is 2. The van der Waals surface area contributed by atoms with Gasteiger partial charge >= 0.3 is 11.9 Å². The average molecular weight is 348 g/mol. The molecule has 1 aromatic heterocycles. The smallest absolute Gasteiger partial charge is 0.356 e. The van der Waals surface area contributed by atoms with Crippen molar-refractivity contribution in [3.8, 4) is 11.5 Å². The summed E-state index contributed by atoms with van der Waals surface area (Å²) in [7, 11) is 0. The number of hydrogen-bond donors (Lipinski definition) is 4. The zero-order valence-corrected chi connectivity index (χ0v) is 14.1. The summed E-state index contributed by atoms with van der Waals surface area (Å²) in [5, 5.41) is 35.1. The maximum Gasteiger partial charge on any atom is 0.356 e. The van der Waals surface area contributed by atoms with Gasteiger partial charge in [-0.05, 0) is 44.9 Å². The van der Waals surface area contributed by atoms with Crippen LogP contribution in [0.4, 0.5) is 0 Å². The highest BCUT2D eigenvalue weighted by Crippen LogP contribution is 2.25. The highest BCUT2D eigenvalue weighted by molar-refractivity contribution is 5.86. The van der Waals surface area contributed by atoms with Gasteiger partial charge in [0.1, 0.15) is 0 Å². The van der Waals surface area contributed by atoms with E-state index in [2.05, 4.69) is 9.97 Å². The monoisotopic (exact) mass is 348 g/mol. The van der Waals surface area contributed by atoms with E-state index in [0.717, 1.165) is 5.69 Å². The van der Waals surface area contributed by atoms with E-state index in [0.29, 0.717) is 23.4 Å². The third-order valence-corrected chi connectivity index (χ3v) is 3.35. The molecule has 0 saturated heterocycles. The zero-order chi connectivity index (χ0) is 19.1. The molecule has 0 fully saturated rings. The van der Waals surface area contributed by atoms with Crippen molar-refractivity contribution in [1.82, 2.24) is 9.97 Å². The molecule has 0 aliphatic heterocycles. The van der Waals surface area contributed by atoms with E-state index in [1.165, 1.54) is 12.1 Å². The highest BCUT2D eigenvalue weighted by atomic mass is 16.4. The van der Waals surface area contributed by atoms with Crippen LogP contribution in [-0.2, 0) is 11.2 Å². The minimum atomic E-state index is -1.02. The quantitative estimate of drug-likeness (QED) is 0.616. The summed E-state index contributed by atoms with van der Waals surface area (Å²) in [6, 6.07) is 4.28. The van der Waals surface area contributed by atoms with E-state index in [-0.39, 0.29) is 23.6 Å². The lowest BCUT2D eigenvalue weighted by Gasteiger charge is -2.02. The molecule has 8 heteroatoms. The standard InChI is InChI=1S/C9H10O4.C8H10N2O2/c10-7-3-1-6(5-8(7)11)2-4-9(12)13;1-4-5(2)10-7(8(11)12)6(3)9-4/h1,3,5,10-11H,2,4H2,(H,12,13);1-3H3,(H,11,12). The summed E-state index contributed by atoms with van der Waals surface area (Å²) >= 11 is 0. The summed E-state index contributed by atoms with van der Waals surface area (Å²) in [5.74, 6) is -2.32. The maximum atomic E-state index is 10.6. The van der Waals surface area contributed by atoms with Gasteiger partial charge in [0.2, 0.25) is 0 Å². The number of aromatic hydroxyl groups is 2. The molecular weight excluding hydrogens is 328 g/mol. The molecule has 134 valence electrons. The highest BCUT2D eigenvalue weighted by Gasteiger charge is 2.11. The van der Waals surface area contributed by atoms with Gasteiger partial charge in [-0.25, -0.2) is 9.78 Å². The summed E-state index contributed by atoms with van der Waals surface area (Å²) in [6.07, 6.45) is 0.368. The number of phenolic OH excluding ortho intramolecular Hbond substituents is 2. The summed E-state index contributed by atoms with van der Waals surface area (Å²) in [5.41, 5.74) is 2.64. The molecule has 0 saturated carbocycles. The number of carbonyl (C=O) groups is 2. The topological polar surface area (TPSA) is 141 Å². The molecule has 25 heavy (non-hydrogen) atoms. The van der Waals surface area contributed by atoms with Gasteiger partial charge in [-0.15, -0.1) is 0 Å². The predicted octanol–water partition coefficient (Wildman–Crippen LogP) is 2.22. The number of carboxylic acids is 2. The lowest BCUT2D eigenvalue weighted by Crippen LogP contribution is -2.08. The first-order chi connectivity index (χ1) is 11.6. The van der Waals surface area contributed by atoms with Gasteiger partial charge in [0.25, 0.3) is 0 Å². The lowest BCUT2D eigenvalue weighted by atomic mass is 10.1. The Morgan fingerprint density at radius 2 is 1.52 bits per heavy atom. The van der Waals surface area contributed by atoms with Crippen LogP contribution in [0.25, 0.3) is 0 Å². The molecule has 0 unspecified atom stereocenters. The molecule has 0 aliphatic carbocycles. The second-order valence-corrected chi connectivity index (χ2v) is 5.35. The normalized spacial score (nSPS) is 9.88. The van der Waals surface area contributed by atoms with E-state index in [9.17, 15) is 9.59 Å². The van der Waals surface area contributed by atoms with Crippen molar-refractivity contribution >= 4 is 11.9 Å². The molecule has 1 heterocycles. The van der Waals surface area contributed by atoms with Crippen molar-refractivity contribution in [2.24, 2.45) is 0 Å². The van der Waals surface area contributed by atoms with Gasteiger partial charge in [-0.1, -0.05) is 6.07 Å². The SMILES string of the molecule is Cc1nc(C)c(C(=O)O)nc1C.O=C(O)CCc1ccc(O)c(O)c1. The molecule has 0 spiro atoms. The van der Waals surface area contributed by atoms with Gasteiger partial charge in [0, 0.05) is 6.42 Å². The fourth-order valence-electron chi connectivity index (χ4n) is 1.89. The van der Waals surface area contributed by atoms with Crippen LogP contribution in [0.15, 0.2) is 18.2 Å². The Kier molecular flexibility index (Phi) is 6.86. The van der Waals surface area contributed by atoms with Crippen LogP contribution in [0.2, 0.25) is 0 Å². The van der Waals surface area contributed by atoms with E-state index in [4.69, 9.17) is 20.4 Å². The van der Waals surface area contributed by atoms with Crippen LogP contribution in [0, 0.1) is 20.8 Å². The van der Waals surface area contributed by atoms with Crippen LogP contribution in [0.5, 0.6) is 11.5 Å². The van der Waals surface area contributed by atoms with Crippen molar-refractivity contribution in [1.29, 1.82) is 0 Å². The van der Waals surface area contributed by atoms with Crippen molar-refractivity contribution in [2.75, 3.05) is 0 Å². The molecule has 4 N–H and O–H groups in total. The number of rotatable bonds is 4. The number of benzene rings is 1. The first-order valence-electron chi connectivity index (χ1n) is 7.39. The first kappa shape index (κ1) is 19.9. The molecule has 0 atom stereocenters. The number of aliphatic carboxylic acids is 1. The first-order valence-corrected chi connectivity index (χ1v) is 7.39. The number of aromatic carboxylic acids is 1. The van der Waals surface area contributed by atoms with E-state index >= 15 is 0 Å². The number of aryl methyl sites for hydroxylation is 4. The Morgan fingerprint density at radius 3 is 2.04 bits per heavy atom. The molecule has 1 aromatic carbocycles. The number of hydrogen-bond acceptors (Lipinski definition) is 6. The van der Waals surface area contributed by atoms with Gasteiger partial charge in [0.05, 0.1) is 17.1 Å². The third kappa shape index (κ3) is 6.09.